The van der Waals surface area contributed by atoms with Crippen LogP contribution in [0.5, 0.6) is 0 Å². The molecule has 108 valence electrons. The smallest absolute Gasteiger partial charge is 0.350 e. The van der Waals surface area contributed by atoms with Gasteiger partial charge in [0.15, 0.2) is 0 Å². The Hall–Kier alpha value is -0.630. The summed E-state index contributed by atoms with van der Waals surface area (Å²) in [7, 11) is -4.03. The quantitative estimate of drug-likeness (QED) is 0.614. The summed E-state index contributed by atoms with van der Waals surface area (Å²) in [6, 6.07) is 1.20. The first-order valence-corrected chi connectivity index (χ1v) is 8.17. The third-order valence-electron chi connectivity index (χ3n) is 1.78. The number of ether oxygens (including phenoxy) is 1. The molecule has 1 aromatic rings. The standard InChI is InChI=1S/C11H15ClO5S2/c1-6(2)16-11(13)10-8(5-9(12)18-10)19(14,15)17-7(3)4/h5-7H,1-4H3. The van der Waals surface area contributed by atoms with E-state index >= 15 is 0 Å². The van der Waals surface area contributed by atoms with E-state index in [0.29, 0.717) is 0 Å². The molecule has 0 saturated carbocycles. The highest BCUT2D eigenvalue weighted by molar-refractivity contribution is 7.87. The molecular weight excluding hydrogens is 312 g/mol. The number of carbonyl (C=O) groups is 1. The molecule has 0 saturated heterocycles. The number of halogens is 1. The molecule has 0 aliphatic carbocycles. The highest BCUT2D eigenvalue weighted by Gasteiger charge is 2.29. The van der Waals surface area contributed by atoms with E-state index in [1.54, 1.807) is 27.7 Å². The predicted octanol–water partition coefficient (Wildman–Crippen LogP) is 3.08. The molecule has 0 spiro atoms. The second-order valence-electron chi connectivity index (χ2n) is 4.30. The molecule has 5 nitrogen and oxygen atoms in total. The second-order valence-corrected chi connectivity index (χ2v) is 7.52. The lowest BCUT2D eigenvalue weighted by atomic mass is 10.4. The van der Waals surface area contributed by atoms with Crippen LogP contribution in [0.3, 0.4) is 0 Å². The summed E-state index contributed by atoms with van der Waals surface area (Å²) in [6.45, 7) is 6.51. The molecular formula is C11H15ClO5S2. The van der Waals surface area contributed by atoms with Crippen LogP contribution in [-0.2, 0) is 19.0 Å². The van der Waals surface area contributed by atoms with Crippen LogP contribution >= 0.6 is 22.9 Å². The summed E-state index contributed by atoms with van der Waals surface area (Å²) in [4.78, 5) is 11.5. The van der Waals surface area contributed by atoms with Crippen LogP contribution in [0.2, 0.25) is 4.34 Å². The Bertz CT molecular complexity index is 560. The van der Waals surface area contributed by atoms with Crippen LogP contribution in [0.15, 0.2) is 11.0 Å². The number of carbonyl (C=O) groups excluding carboxylic acids is 1. The first-order valence-electron chi connectivity index (χ1n) is 5.57. The van der Waals surface area contributed by atoms with E-state index in [4.69, 9.17) is 20.5 Å². The number of hydrogen-bond donors (Lipinski definition) is 0. The zero-order valence-corrected chi connectivity index (χ0v) is 13.4. The van der Waals surface area contributed by atoms with E-state index in [9.17, 15) is 13.2 Å². The van der Waals surface area contributed by atoms with Gasteiger partial charge in [0, 0.05) is 0 Å². The topological polar surface area (TPSA) is 69.7 Å². The van der Waals surface area contributed by atoms with Gasteiger partial charge in [0.25, 0.3) is 10.1 Å². The molecule has 1 aromatic heterocycles. The Balaban J connectivity index is 3.19. The molecule has 8 heteroatoms. The van der Waals surface area contributed by atoms with Gasteiger partial charge in [-0.1, -0.05) is 11.6 Å². The highest BCUT2D eigenvalue weighted by Crippen LogP contribution is 2.32. The molecule has 0 bridgehead atoms. The second kappa shape index (κ2) is 6.21. The first kappa shape index (κ1) is 16.4. The van der Waals surface area contributed by atoms with Crippen molar-refractivity contribution in [2.75, 3.05) is 0 Å². The summed E-state index contributed by atoms with van der Waals surface area (Å²) < 4.78 is 34.0. The van der Waals surface area contributed by atoms with Crippen molar-refractivity contribution in [3.8, 4) is 0 Å². The zero-order valence-electron chi connectivity index (χ0n) is 11.0. The average Bonchev–Trinajstić information content (AvgIpc) is 2.58. The van der Waals surface area contributed by atoms with Gasteiger partial charge in [0.1, 0.15) is 9.77 Å². The number of rotatable bonds is 5. The van der Waals surface area contributed by atoms with Crippen molar-refractivity contribution < 1.29 is 22.1 Å². The highest BCUT2D eigenvalue weighted by atomic mass is 35.5. The zero-order chi connectivity index (χ0) is 14.8. The van der Waals surface area contributed by atoms with Crippen molar-refractivity contribution in [1.29, 1.82) is 0 Å². The molecule has 0 fully saturated rings. The first-order chi connectivity index (χ1) is 8.63. The molecule has 1 rings (SSSR count). The van der Waals surface area contributed by atoms with Gasteiger partial charge in [-0.05, 0) is 33.8 Å². The maximum atomic E-state index is 12.0. The van der Waals surface area contributed by atoms with Crippen LogP contribution < -0.4 is 0 Å². The van der Waals surface area contributed by atoms with Gasteiger partial charge in [-0.15, -0.1) is 11.3 Å². The molecule has 0 amide bonds. The Morgan fingerprint density at radius 3 is 2.32 bits per heavy atom. The molecule has 0 unspecified atom stereocenters. The SMILES string of the molecule is CC(C)OC(=O)c1sc(Cl)cc1S(=O)(=O)OC(C)C. The fraction of sp³-hybridized carbons (Fsp3) is 0.545. The third-order valence-corrected chi connectivity index (χ3v) is 4.66. The van der Waals surface area contributed by atoms with Crippen LogP contribution in [0.25, 0.3) is 0 Å². The predicted molar refractivity (Wildman–Crippen MR) is 73.3 cm³/mol. The van der Waals surface area contributed by atoms with E-state index in [0.717, 1.165) is 11.3 Å². The normalized spacial score (nSPS) is 12.2. The number of thiophene rings is 1. The fourth-order valence-electron chi connectivity index (χ4n) is 1.25. The summed E-state index contributed by atoms with van der Waals surface area (Å²) in [5, 5.41) is 0. The molecule has 0 aliphatic heterocycles. The molecule has 0 N–H and O–H groups in total. The van der Waals surface area contributed by atoms with Crippen LogP contribution in [-0.4, -0.2) is 26.6 Å². The maximum absolute atomic E-state index is 12.0. The van der Waals surface area contributed by atoms with Crippen LogP contribution in [0.1, 0.15) is 37.4 Å². The molecule has 19 heavy (non-hydrogen) atoms. The van der Waals surface area contributed by atoms with Crippen molar-refractivity contribution in [3.05, 3.63) is 15.3 Å². The number of hydrogen-bond acceptors (Lipinski definition) is 6. The Kier molecular flexibility index (Phi) is 5.37. The summed E-state index contributed by atoms with van der Waals surface area (Å²) >= 11 is 6.63. The Morgan fingerprint density at radius 1 is 1.26 bits per heavy atom. The van der Waals surface area contributed by atoms with E-state index in [1.807, 2.05) is 0 Å². The van der Waals surface area contributed by atoms with Gasteiger partial charge < -0.3 is 4.74 Å². The molecule has 0 radical (unpaired) electrons. The lowest BCUT2D eigenvalue weighted by molar-refractivity contribution is 0.0379. The Labute approximate surface area is 121 Å². The van der Waals surface area contributed by atoms with Crippen molar-refractivity contribution in [2.45, 2.75) is 44.8 Å². The number of esters is 1. The van der Waals surface area contributed by atoms with E-state index in [2.05, 4.69) is 0 Å². The minimum absolute atomic E-state index is 0.0700. The summed E-state index contributed by atoms with van der Waals surface area (Å²) in [5.74, 6) is -0.724. The Morgan fingerprint density at radius 2 is 1.84 bits per heavy atom. The lowest BCUT2D eigenvalue weighted by Gasteiger charge is -2.10. The van der Waals surface area contributed by atoms with Gasteiger partial charge in [-0.2, -0.15) is 8.42 Å². The van der Waals surface area contributed by atoms with Gasteiger partial charge in [-0.3, -0.25) is 4.18 Å². The summed E-state index contributed by atoms with van der Waals surface area (Å²) in [5.41, 5.74) is 0. The third kappa shape index (κ3) is 4.45. The van der Waals surface area contributed by atoms with E-state index in [1.165, 1.54) is 6.07 Å². The van der Waals surface area contributed by atoms with Crippen LogP contribution in [0, 0.1) is 0 Å². The molecule has 0 atom stereocenters. The molecule has 0 aliphatic rings. The molecule has 1 heterocycles. The van der Waals surface area contributed by atoms with Crippen molar-refractivity contribution in [1.82, 2.24) is 0 Å². The van der Waals surface area contributed by atoms with Gasteiger partial charge >= 0.3 is 5.97 Å². The molecule has 0 aromatic carbocycles. The fourth-order valence-corrected chi connectivity index (χ4v) is 4.00. The van der Waals surface area contributed by atoms with Gasteiger partial charge in [-0.25, -0.2) is 4.79 Å². The lowest BCUT2D eigenvalue weighted by Crippen LogP contribution is -2.17. The van der Waals surface area contributed by atoms with Crippen molar-refractivity contribution in [2.24, 2.45) is 0 Å². The minimum Gasteiger partial charge on any atom is -0.459 e. The van der Waals surface area contributed by atoms with Gasteiger partial charge in [0.05, 0.1) is 16.5 Å². The van der Waals surface area contributed by atoms with Crippen LogP contribution in [0.4, 0.5) is 0 Å². The summed E-state index contributed by atoms with van der Waals surface area (Å²) in [6.07, 6.45) is -0.882. The van der Waals surface area contributed by atoms with E-state index in [-0.39, 0.29) is 20.2 Å². The van der Waals surface area contributed by atoms with E-state index < -0.39 is 22.2 Å². The van der Waals surface area contributed by atoms with Gasteiger partial charge in [0.2, 0.25) is 0 Å². The van der Waals surface area contributed by atoms with Crippen molar-refractivity contribution >= 4 is 39.0 Å². The average molecular weight is 327 g/mol. The monoisotopic (exact) mass is 326 g/mol. The van der Waals surface area contributed by atoms with Crippen molar-refractivity contribution in [3.63, 3.8) is 0 Å². The minimum atomic E-state index is -4.03. The largest absolute Gasteiger partial charge is 0.459 e. The maximum Gasteiger partial charge on any atom is 0.350 e.